The lowest BCUT2D eigenvalue weighted by Crippen LogP contribution is -3.13. The Morgan fingerprint density at radius 3 is 2.19 bits per heavy atom. The number of halogens is 1. The molecular formula is C14H30FN. The SMILES string of the molecule is CCCCCC[NH+]1CCC(CCC)CC1.[F-]. The third kappa shape index (κ3) is 6.47. The molecule has 0 bridgehead atoms. The lowest BCUT2D eigenvalue weighted by molar-refractivity contribution is -0.906. The van der Waals surface area contributed by atoms with E-state index in [2.05, 4.69) is 13.8 Å². The molecule has 0 spiro atoms. The molecule has 0 amide bonds. The Morgan fingerprint density at radius 2 is 1.62 bits per heavy atom. The Balaban J connectivity index is 0.00000225. The van der Waals surface area contributed by atoms with Crippen molar-refractivity contribution in [3.63, 3.8) is 0 Å². The molecule has 1 rings (SSSR count). The number of likely N-dealkylation sites (tertiary alicyclic amines) is 1. The monoisotopic (exact) mass is 231 g/mol. The smallest absolute Gasteiger partial charge is 0.0773 e. The summed E-state index contributed by atoms with van der Waals surface area (Å²) in [5.41, 5.74) is 0. The van der Waals surface area contributed by atoms with E-state index >= 15 is 0 Å². The normalized spacial score (nSPS) is 25.1. The van der Waals surface area contributed by atoms with E-state index in [0.29, 0.717) is 0 Å². The fourth-order valence-corrected chi connectivity index (χ4v) is 2.83. The zero-order valence-corrected chi connectivity index (χ0v) is 11.2. The van der Waals surface area contributed by atoms with Gasteiger partial charge in [-0.3, -0.25) is 0 Å². The van der Waals surface area contributed by atoms with Crippen molar-refractivity contribution >= 4 is 0 Å². The van der Waals surface area contributed by atoms with Gasteiger partial charge < -0.3 is 9.60 Å². The summed E-state index contributed by atoms with van der Waals surface area (Å²) in [4.78, 5) is 1.89. The van der Waals surface area contributed by atoms with Gasteiger partial charge in [-0.1, -0.05) is 39.5 Å². The molecule has 0 aliphatic carbocycles. The van der Waals surface area contributed by atoms with Gasteiger partial charge in [0.25, 0.3) is 0 Å². The molecule has 0 aromatic rings. The Labute approximate surface area is 101 Å². The molecule has 1 heterocycles. The van der Waals surface area contributed by atoms with Gasteiger partial charge in [-0.2, -0.15) is 0 Å². The van der Waals surface area contributed by atoms with E-state index < -0.39 is 0 Å². The fraction of sp³-hybridized carbons (Fsp3) is 1.00. The van der Waals surface area contributed by atoms with Crippen molar-refractivity contribution in [2.24, 2.45) is 5.92 Å². The highest BCUT2D eigenvalue weighted by Crippen LogP contribution is 2.15. The van der Waals surface area contributed by atoms with Crippen molar-refractivity contribution < 1.29 is 9.60 Å². The largest absolute Gasteiger partial charge is 1.00 e. The zero-order chi connectivity index (χ0) is 10.9. The molecular weight excluding hydrogens is 201 g/mol. The maximum atomic E-state index is 2.32. The summed E-state index contributed by atoms with van der Waals surface area (Å²) in [6, 6.07) is 0. The highest BCUT2D eigenvalue weighted by Gasteiger charge is 2.20. The van der Waals surface area contributed by atoms with Crippen LogP contribution in [-0.2, 0) is 0 Å². The third-order valence-electron chi connectivity index (χ3n) is 3.89. The van der Waals surface area contributed by atoms with Gasteiger partial charge in [0.15, 0.2) is 0 Å². The maximum Gasteiger partial charge on any atom is 0.0773 e. The molecule has 16 heavy (non-hydrogen) atoms. The van der Waals surface area contributed by atoms with Crippen LogP contribution in [0.15, 0.2) is 0 Å². The van der Waals surface area contributed by atoms with Crippen LogP contribution in [0.4, 0.5) is 0 Å². The average molecular weight is 231 g/mol. The molecule has 1 saturated heterocycles. The predicted octanol–water partition coefficient (Wildman–Crippen LogP) is -0.334. The second kappa shape index (κ2) is 10.1. The van der Waals surface area contributed by atoms with Gasteiger partial charge in [0.05, 0.1) is 19.6 Å². The van der Waals surface area contributed by atoms with Gasteiger partial charge in [0.1, 0.15) is 0 Å². The molecule has 0 aromatic carbocycles. The first-order valence-corrected chi connectivity index (χ1v) is 7.20. The molecule has 1 fully saturated rings. The van der Waals surface area contributed by atoms with Crippen molar-refractivity contribution in [1.82, 2.24) is 0 Å². The van der Waals surface area contributed by atoms with Gasteiger partial charge in [-0.15, -0.1) is 0 Å². The minimum atomic E-state index is 0. The minimum absolute atomic E-state index is 0. The van der Waals surface area contributed by atoms with Gasteiger partial charge in [-0.05, 0) is 31.6 Å². The molecule has 2 heteroatoms. The van der Waals surface area contributed by atoms with Crippen molar-refractivity contribution in [2.75, 3.05) is 19.6 Å². The van der Waals surface area contributed by atoms with Crippen LogP contribution >= 0.6 is 0 Å². The van der Waals surface area contributed by atoms with Crippen LogP contribution < -0.4 is 9.60 Å². The van der Waals surface area contributed by atoms with Gasteiger partial charge in [-0.25, -0.2) is 0 Å². The maximum absolute atomic E-state index is 2.32. The number of piperidine rings is 1. The summed E-state index contributed by atoms with van der Waals surface area (Å²) in [5.74, 6) is 1.06. The van der Waals surface area contributed by atoms with Crippen LogP contribution in [0.3, 0.4) is 0 Å². The lowest BCUT2D eigenvalue weighted by atomic mass is 9.92. The highest BCUT2D eigenvalue weighted by atomic mass is 19.0. The quantitative estimate of drug-likeness (QED) is 0.572. The Bertz CT molecular complexity index is 139. The van der Waals surface area contributed by atoms with E-state index in [9.17, 15) is 0 Å². The zero-order valence-electron chi connectivity index (χ0n) is 11.2. The Hall–Kier alpha value is -0.110. The van der Waals surface area contributed by atoms with Crippen LogP contribution in [0.25, 0.3) is 0 Å². The summed E-state index contributed by atoms with van der Waals surface area (Å²) >= 11 is 0. The second-order valence-electron chi connectivity index (χ2n) is 5.29. The molecule has 98 valence electrons. The molecule has 0 atom stereocenters. The summed E-state index contributed by atoms with van der Waals surface area (Å²) < 4.78 is 0. The Morgan fingerprint density at radius 1 is 0.938 bits per heavy atom. The average Bonchev–Trinajstić information content (AvgIpc) is 2.27. The van der Waals surface area contributed by atoms with Crippen molar-refractivity contribution in [3.05, 3.63) is 0 Å². The van der Waals surface area contributed by atoms with E-state index in [1.54, 1.807) is 0 Å². The molecule has 1 aliphatic heterocycles. The molecule has 0 radical (unpaired) electrons. The molecule has 1 N–H and O–H groups in total. The van der Waals surface area contributed by atoms with Crippen LogP contribution in [0.2, 0.25) is 0 Å². The highest BCUT2D eigenvalue weighted by molar-refractivity contribution is 4.61. The van der Waals surface area contributed by atoms with Gasteiger partial charge >= 0.3 is 0 Å². The lowest BCUT2D eigenvalue weighted by Gasteiger charge is -2.29. The molecule has 0 unspecified atom stereocenters. The molecule has 1 aliphatic rings. The first kappa shape index (κ1) is 15.9. The number of unbranched alkanes of at least 4 members (excludes halogenated alkanes) is 3. The first-order chi connectivity index (χ1) is 7.36. The summed E-state index contributed by atoms with van der Waals surface area (Å²) in [7, 11) is 0. The topological polar surface area (TPSA) is 4.44 Å². The number of nitrogens with one attached hydrogen (secondary N) is 1. The summed E-state index contributed by atoms with van der Waals surface area (Å²) in [6.45, 7) is 8.97. The second-order valence-corrected chi connectivity index (χ2v) is 5.29. The summed E-state index contributed by atoms with van der Waals surface area (Å²) in [6.07, 6.45) is 11.6. The van der Waals surface area contributed by atoms with Crippen molar-refractivity contribution in [3.8, 4) is 0 Å². The van der Waals surface area contributed by atoms with Gasteiger partial charge in [0.2, 0.25) is 0 Å². The first-order valence-electron chi connectivity index (χ1n) is 7.20. The van der Waals surface area contributed by atoms with Crippen molar-refractivity contribution in [1.29, 1.82) is 0 Å². The molecule has 1 nitrogen and oxygen atoms in total. The van der Waals surface area contributed by atoms with Crippen LogP contribution in [0.1, 0.15) is 65.2 Å². The standard InChI is InChI=1S/C14H29N.FH/c1-3-5-6-7-11-15-12-9-14(8-4-2)10-13-15;/h14H,3-13H2,1-2H3;1H. The third-order valence-corrected chi connectivity index (χ3v) is 3.89. The predicted molar refractivity (Wildman–Crippen MR) is 67.3 cm³/mol. The van der Waals surface area contributed by atoms with E-state index in [0.717, 1.165) is 5.92 Å². The van der Waals surface area contributed by atoms with Crippen LogP contribution in [0.5, 0.6) is 0 Å². The minimum Gasteiger partial charge on any atom is -1.00 e. The number of quaternary nitrogens is 1. The molecule has 0 aromatic heterocycles. The van der Waals surface area contributed by atoms with E-state index in [4.69, 9.17) is 0 Å². The number of hydrogen-bond donors (Lipinski definition) is 1. The van der Waals surface area contributed by atoms with Gasteiger partial charge in [0, 0.05) is 0 Å². The Kier molecular flexibility index (Phi) is 10.0. The van der Waals surface area contributed by atoms with E-state index in [1.807, 2.05) is 4.90 Å². The van der Waals surface area contributed by atoms with E-state index in [1.165, 1.54) is 71.0 Å². The van der Waals surface area contributed by atoms with Crippen LogP contribution in [0, 0.1) is 5.92 Å². The number of rotatable bonds is 7. The van der Waals surface area contributed by atoms with E-state index in [-0.39, 0.29) is 4.70 Å². The van der Waals surface area contributed by atoms with Crippen molar-refractivity contribution in [2.45, 2.75) is 65.2 Å². The molecule has 0 saturated carbocycles. The number of hydrogen-bond acceptors (Lipinski definition) is 0. The fourth-order valence-electron chi connectivity index (χ4n) is 2.83. The summed E-state index contributed by atoms with van der Waals surface area (Å²) in [5, 5.41) is 0. The van der Waals surface area contributed by atoms with Crippen LogP contribution in [-0.4, -0.2) is 19.6 Å².